The van der Waals surface area contributed by atoms with Crippen molar-refractivity contribution in [1.82, 2.24) is 19.4 Å². The number of carbonyl (C=O) groups excluding carboxylic acids is 1. The van der Waals surface area contributed by atoms with Crippen molar-refractivity contribution in [3.05, 3.63) is 65.5 Å². The van der Waals surface area contributed by atoms with Crippen molar-refractivity contribution in [3.63, 3.8) is 0 Å². The molecule has 0 radical (unpaired) electrons. The van der Waals surface area contributed by atoms with Gasteiger partial charge in [-0.05, 0) is 49.2 Å². The van der Waals surface area contributed by atoms with Gasteiger partial charge in [0.2, 0.25) is 0 Å². The summed E-state index contributed by atoms with van der Waals surface area (Å²) < 4.78 is 7.10. The molecule has 2 saturated heterocycles. The van der Waals surface area contributed by atoms with Crippen molar-refractivity contribution in [2.75, 3.05) is 33.8 Å². The summed E-state index contributed by atoms with van der Waals surface area (Å²) in [7, 11) is 3.88. The predicted octanol–water partition coefficient (Wildman–Crippen LogP) is 3.45. The van der Waals surface area contributed by atoms with Gasteiger partial charge in [0, 0.05) is 37.8 Å². The molecular weight excluding hydrogens is 400 g/mol. The molecule has 0 aliphatic carbocycles. The fourth-order valence-electron chi connectivity index (χ4n) is 5.27. The largest absolute Gasteiger partial charge is 0.497 e. The van der Waals surface area contributed by atoms with Crippen molar-refractivity contribution in [2.24, 2.45) is 11.8 Å². The number of carbonyl (C=O) groups is 1. The van der Waals surface area contributed by atoms with E-state index in [9.17, 15) is 4.79 Å². The maximum Gasteiger partial charge on any atom is 0.257 e. The third-order valence-corrected chi connectivity index (χ3v) is 6.61. The van der Waals surface area contributed by atoms with Gasteiger partial charge in [-0.1, -0.05) is 18.2 Å². The number of hydrogen-bond acceptors (Lipinski definition) is 4. The van der Waals surface area contributed by atoms with Crippen LogP contribution in [0.3, 0.4) is 0 Å². The van der Waals surface area contributed by atoms with Gasteiger partial charge in [0.1, 0.15) is 5.75 Å². The summed E-state index contributed by atoms with van der Waals surface area (Å²) >= 11 is 0. The summed E-state index contributed by atoms with van der Waals surface area (Å²) in [5, 5.41) is 4.38. The number of rotatable bonds is 3. The Hall–Kier alpha value is -2.57. The highest BCUT2D eigenvalue weighted by Crippen LogP contribution is 2.44. The van der Waals surface area contributed by atoms with E-state index in [1.54, 1.807) is 17.8 Å². The summed E-state index contributed by atoms with van der Waals surface area (Å²) in [5.41, 5.74) is 3.99. The minimum absolute atomic E-state index is 0. The van der Waals surface area contributed by atoms with Crippen LogP contribution < -0.4 is 4.74 Å². The Bertz CT molecular complexity index is 1060. The second kappa shape index (κ2) is 7.93. The smallest absolute Gasteiger partial charge is 0.257 e. The number of fused-ring (bicyclic) bond motifs is 2. The number of aromatic nitrogens is 2. The van der Waals surface area contributed by atoms with Crippen LogP contribution in [0.5, 0.6) is 5.75 Å². The number of hydrogen-bond donors (Lipinski definition) is 0. The first-order chi connectivity index (χ1) is 14.1. The average Bonchev–Trinajstić information content (AvgIpc) is 3.40. The lowest BCUT2D eigenvalue weighted by atomic mass is 9.89. The monoisotopic (exact) mass is 426 g/mol. The third kappa shape index (κ3) is 3.24. The van der Waals surface area contributed by atoms with Crippen LogP contribution in [0.1, 0.15) is 27.5 Å². The van der Waals surface area contributed by atoms with E-state index in [0.29, 0.717) is 23.4 Å². The molecule has 1 aromatic carbocycles. The van der Waals surface area contributed by atoms with Crippen molar-refractivity contribution < 1.29 is 9.53 Å². The Balaban J connectivity index is 0.00000218. The lowest BCUT2D eigenvalue weighted by molar-refractivity contribution is 0.0769. The predicted molar refractivity (Wildman–Crippen MR) is 118 cm³/mol. The van der Waals surface area contributed by atoms with Crippen molar-refractivity contribution in [1.29, 1.82) is 0 Å². The van der Waals surface area contributed by atoms with E-state index in [-0.39, 0.29) is 18.3 Å². The highest BCUT2D eigenvalue weighted by atomic mass is 35.5. The highest BCUT2D eigenvalue weighted by Gasteiger charge is 2.47. The summed E-state index contributed by atoms with van der Waals surface area (Å²) in [5.74, 6) is 1.91. The molecular formula is C23H27ClN4O2. The molecule has 1 amide bonds. The van der Waals surface area contributed by atoms with Gasteiger partial charge in [0.25, 0.3) is 5.91 Å². The summed E-state index contributed by atoms with van der Waals surface area (Å²) in [6.45, 7) is 4.64. The number of benzene rings is 1. The number of halogens is 1. The molecule has 0 unspecified atom stereocenters. The minimum Gasteiger partial charge on any atom is -0.497 e. The fourth-order valence-corrected chi connectivity index (χ4v) is 5.27. The maximum absolute atomic E-state index is 13.4. The zero-order chi connectivity index (χ0) is 20.1. The Kier molecular flexibility index (Phi) is 5.47. The number of pyridine rings is 1. The van der Waals surface area contributed by atoms with Crippen LogP contribution in [-0.4, -0.2) is 59.1 Å². The van der Waals surface area contributed by atoms with Crippen LogP contribution in [0.25, 0.3) is 5.52 Å². The molecule has 2 fully saturated rings. The lowest BCUT2D eigenvalue weighted by Gasteiger charge is -2.27. The molecule has 4 heterocycles. The molecule has 3 atom stereocenters. The molecule has 6 nitrogen and oxygen atoms in total. The number of nitrogens with zero attached hydrogens (tertiary/aromatic N) is 4. The van der Waals surface area contributed by atoms with Gasteiger partial charge < -0.3 is 9.64 Å². The topological polar surface area (TPSA) is 50.1 Å². The molecule has 2 aliphatic rings. The quantitative estimate of drug-likeness (QED) is 0.643. The van der Waals surface area contributed by atoms with Crippen molar-refractivity contribution in [3.8, 4) is 5.75 Å². The maximum atomic E-state index is 13.4. The number of amides is 1. The SMILES string of the molecule is COc1ccc([C@H]2[C@@H]3CN(C(=O)c4cnn5cccc(C)c45)C[C@@H]3CN2C)cc1.Cl. The number of methoxy groups -OCH3 is 1. The van der Waals surface area contributed by atoms with Gasteiger partial charge in [0.05, 0.1) is 24.4 Å². The summed E-state index contributed by atoms with van der Waals surface area (Å²) in [4.78, 5) is 17.8. The van der Waals surface area contributed by atoms with E-state index in [2.05, 4.69) is 29.2 Å². The first-order valence-corrected chi connectivity index (χ1v) is 10.1. The Morgan fingerprint density at radius 1 is 1.13 bits per heavy atom. The Morgan fingerprint density at radius 3 is 2.63 bits per heavy atom. The molecule has 2 aliphatic heterocycles. The average molecular weight is 427 g/mol. The molecule has 0 bridgehead atoms. The van der Waals surface area contributed by atoms with Gasteiger partial charge in [-0.25, -0.2) is 4.52 Å². The molecule has 7 heteroatoms. The standard InChI is InChI=1S/C23H26N4O2.ClH/c1-15-5-4-10-27-21(15)19(11-24-27)23(28)26-13-17-12-25(2)22(20(17)14-26)16-6-8-18(29-3)9-7-16;/h4-11,17,20,22H,12-14H2,1-3H3;1H/t17-,20+,22-;/m0./s1. The van der Waals surface area contributed by atoms with Gasteiger partial charge in [0.15, 0.2) is 0 Å². The van der Waals surface area contributed by atoms with Crippen LogP contribution in [0.2, 0.25) is 0 Å². The Labute approximate surface area is 182 Å². The molecule has 0 saturated carbocycles. The van der Waals surface area contributed by atoms with Crippen LogP contribution in [-0.2, 0) is 0 Å². The second-order valence-electron chi connectivity index (χ2n) is 8.33. The van der Waals surface area contributed by atoms with Gasteiger partial charge in [-0.2, -0.15) is 5.10 Å². The van der Waals surface area contributed by atoms with Gasteiger partial charge in [-0.3, -0.25) is 9.69 Å². The zero-order valence-electron chi connectivity index (χ0n) is 17.5. The van der Waals surface area contributed by atoms with Gasteiger partial charge in [-0.15, -0.1) is 12.4 Å². The van der Waals surface area contributed by atoms with Crippen LogP contribution >= 0.6 is 12.4 Å². The molecule has 0 spiro atoms. The molecule has 158 valence electrons. The first-order valence-electron chi connectivity index (χ1n) is 10.1. The van der Waals surface area contributed by atoms with E-state index >= 15 is 0 Å². The minimum atomic E-state index is 0. The lowest BCUT2D eigenvalue weighted by Crippen LogP contribution is -2.33. The van der Waals surface area contributed by atoms with Crippen LogP contribution in [0.4, 0.5) is 0 Å². The van der Waals surface area contributed by atoms with E-state index in [1.807, 2.05) is 42.3 Å². The summed E-state index contributed by atoms with van der Waals surface area (Å²) in [6, 6.07) is 12.7. The first kappa shape index (κ1) is 20.7. The molecule has 30 heavy (non-hydrogen) atoms. The van der Waals surface area contributed by atoms with Crippen LogP contribution in [0, 0.1) is 18.8 Å². The number of aryl methyl sites for hydroxylation is 1. The fraction of sp³-hybridized carbons (Fsp3) is 0.391. The van der Waals surface area contributed by atoms with Crippen LogP contribution in [0.15, 0.2) is 48.8 Å². The van der Waals surface area contributed by atoms with E-state index in [1.165, 1.54) is 5.56 Å². The highest BCUT2D eigenvalue weighted by molar-refractivity contribution is 6.01. The zero-order valence-corrected chi connectivity index (χ0v) is 18.3. The molecule has 5 rings (SSSR count). The van der Waals surface area contributed by atoms with E-state index in [4.69, 9.17) is 4.74 Å². The second-order valence-corrected chi connectivity index (χ2v) is 8.33. The normalized spacial score (nSPS) is 23.4. The van der Waals surface area contributed by atoms with Crippen molar-refractivity contribution >= 4 is 23.8 Å². The van der Waals surface area contributed by atoms with Crippen molar-refractivity contribution in [2.45, 2.75) is 13.0 Å². The summed E-state index contributed by atoms with van der Waals surface area (Å²) in [6.07, 6.45) is 3.61. The third-order valence-electron chi connectivity index (χ3n) is 6.61. The molecule has 0 N–H and O–H groups in total. The molecule has 3 aromatic rings. The number of likely N-dealkylation sites (tertiary alicyclic amines) is 2. The van der Waals surface area contributed by atoms with Gasteiger partial charge >= 0.3 is 0 Å². The van der Waals surface area contributed by atoms with E-state index < -0.39 is 0 Å². The van der Waals surface area contributed by atoms with E-state index in [0.717, 1.165) is 36.5 Å². The molecule has 2 aromatic heterocycles. The number of ether oxygens (including phenoxy) is 1. The Morgan fingerprint density at radius 2 is 1.90 bits per heavy atom.